The number of carbonyl (C=O) groups excluding carboxylic acids is 2. The highest BCUT2D eigenvalue weighted by Crippen LogP contribution is 2.25. The Hall–Kier alpha value is -1.77. The van der Waals surface area contributed by atoms with E-state index in [-0.39, 0.29) is 29.7 Å². The molecule has 7 nitrogen and oxygen atoms in total. The second kappa shape index (κ2) is 10.7. The van der Waals surface area contributed by atoms with Crippen molar-refractivity contribution in [1.29, 1.82) is 0 Å². The first kappa shape index (κ1) is 23.9. The summed E-state index contributed by atoms with van der Waals surface area (Å²) in [6.45, 7) is 4.02. The molecule has 1 aromatic heterocycles. The maximum Gasteiger partial charge on any atom is 0.251 e. The summed E-state index contributed by atoms with van der Waals surface area (Å²) in [5, 5.41) is 15.7. The van der Waals surface area contributed by atoms with Crippen LogP contribution in [-0.4, -0.2) is 38.4 Å². The van der Waals surface area contributed by atoms with Crippen molar-refractivity contribution in [3.63, 3.8) is 0 Å². The summed E-state index contributed by atoms with van der Waals surface area (Å²) < 4.78 is 1.79. The Balaban J connectivity index is 1.55. The zero-order valence-electron chi connectivity index (χ0n) is 17.8. The van der Waals surface area contributed by atoms with Crippen molar-refractivity contribution in [2.24, 2.45) is 13.0 Å². The Labute approximate surface area is 196 Å². The van der Waals surface area contributed by atoms with Crippen LogP contribution in [-0.2, 0) is 11.8 Å². The van der Waals surface area contributed by atoms with Gasteiger partial charge in [0, 0.05) is 18.7 Å². The predicted molar refractivity (Wildman–Crippen MR) is 124 cm³/mol. The fourth-order valence-electron chi connectivity index (χ4n) is 3.72. The molecule has 1 aromatic carbocycles. The zero-order chi connectivity index (χ0) is 22.5. The van der Waals surface area contributed by atoms with E-state index in [1.807, 2.05) is 14.0 Å². The molecule has 168 valence electrons. The molecule has 2 amide bonds. The molecular weight excluding hydrogens is 457 g/mol. The molecule has 1 heterocycles. The van der Waals surface area contributed by atoms with Crippen LogP contribution in [0.5, 0.6) is 0 Å². The van der Waals surface area contributed by atoms with Crippen molar-refractivity contribution in [2.75, 3.05) is 5.75 Å². The summed E-state index contributed by atoms with van der Waals surface area (Å²) in [4.78, 5) is 24.9. The van der Waals surface area contributed by atoms with Crippen LogP contribution >= 0.6 is 35.0 Å². The topological polar surface area (TPSA) is 88.9 Å². The van der Waals surface area contributed by atoms with E-state index in [0.717, 1.165) is 12.8 Å². The van der Waals surface area contributed by atoms with Gasteiger partial charge in [0.1, 0.15) is 0 Å². The van der Waals surface area contributed by atoms with Gasteiger partial charge in [0.05, 0.1) is 21.8 Å². The third-order valence-corrected chi connectivity index (χ3v) is 7.33. The van der Waals surface area contributed by atoms with Crippen LogP contribution in [0.15, 0.2) is 23.4 Å². The standard InChI is InChI=1S/C21H27Cl2N5O2S/c1-12-6-4-5-7-17(12)25-18(29)11-31-21-27-26-19(28(21)3)13(2)24-20(30)14-8-9-15(22)16(23)10-14/h8-10,12-13,17H,4-7,11H2,1-3H3,(H,24,30)(H,25,29)/t12-,13+,17+/m1/s1. The average molecular weight is 484 g/mol. The highest BCUT2D eigenvalue weighted by atomic mass is 35.5. The van der Waals surface area contributed by atoms with Crippen molar-refractivity contribution in [1.82, 2.24) is 25.4 Å². The van der Waals surface area contributed by atoms with Crippen molar-refractivity contribution in [3.05, 3.63) is 39.6 Å². The maximum atomic E-state index is 12.5. The van der Waals surface area contributed by atoms with Gasteiger partial charge in [-0.1, -0.05) is 54.7 Å². The molecule has 3 atom stereocenters. The number of amides is 2. The first-order chi connectivity index (χ1) is 14.8. The van der Waals surface area contributed by atoms with Gasteiger partial charge in [-0.05, 0) is 43.9 Å². The molecule has 0 saturated heterocycles. The lowest BCUT2D eigenvalue weighted by molar-refractivity contribution is -0.119. The smallest absolute Gasteiger partial charge is 0.251 e. The monoisotopic (exact) mass is 483 g/mol. The number of halogens is 2. The Bertz CT molecular complexity index is 952. The van der Waals surface area contributed by atoms with Gasteiger partial charge in [-0.3, -0.25) is 9.59 Å². The van der Waals surface area contributed by atoms with E-state index < -0.39 is 0 Å². The fourth-order valence-corrected chi connectivity index (χ4v) is 4.75. The van der Waals surface area contributed by atoms with E-state index in [1.165, 1.54) is 30.7 Å². The largest absolute Gasteiger partial charge is 0.352 e. The Kier molecular flexibility index (Phi) is 8.24. The minimum Gasteiger partial charge on any atom is -0.352 e. The first-order valence-electron chi connectivity index (χ1n) is 10.3. The minimum atomic E-state index is -0.384. The number of benzene rings is 1. The predicted octanol–water partition coefficient (Wildman–Crippen LogP) is 4.40. The van der Waals surface area contributed by atoms with Gasteiger partial charge in [0.2, 0.25) is 5.91 Å². The third-order valence-electron chi connectivity index (χ3n) is 5.58. The molecule has 3 rings (SSSR count). The lowest BCUT2D eigenvalue weighted by atomic mass is 9.86. The van der Waals surface area contributed by atoms with E-state index in [9.17, 15) is 9.59 Å². The molecular formula is C21H27Cl2N5O2S. The second-order valence-electron chi connectivity index (χ2n) is 7.95. The van der Waals surface area contributed by atoms with Crippen molar-refractivity contribution >= 4 is 46.8 Å². The summed E-state index contributed by atoms with van der Waals surface area (Å²) in [5.74, 6) is 1.11. The Morgan fingerprint density at radius 1 is 1.23 bits per heavy atom. The number of carbonyl (C=O) groups is 2. The van der Waals surface area contributed by atoms with Gasteiger partial charge in [-0.2, -0.15) is 0 Å². The van der Waals surface area contributed by atoms with Crippen molar-refractivity contribution in [2.45, 2.75) is 56.8 Å². The number of hydrogen-bond acceptors (Lipinski definition) is 5. The van der Waals surface area contributed by atoms with E-state index in [0.29, 0.717) is 32.5 Å². The summed E-state index contributed by atoms with van der Waals surface area (Å²) in [5.41, 5.74) is 0.409. The van der Waals surface area contributed by atoms with E-state index in [1.54, 1.807) is 16.7 Å². The quantitative estimate of drug-likeness (QED) is 0.569. The SMILES string of the molecule is C[C@H](NC(=O)c1ccc(Cl)c(Cl)c1)c1nnc(SCC(=O)N[C@H]2CCCC[C@H]2C)n1C. The van der Waals surface area contributed by atoms with Crippen LogP contribution < -0.4 is 10.6 Å². The fraction of sp³-hybridized carbons (Fsp3) is 0.524. The zero-order valence-corrected chi connectivity index (χ0v) is 20.2. The minimum absolute atomic E-state index is 0.00858. The first-order valence-corrected chi connectivity index (χ1v) is 12.1. The number of hydrogen-bond donors (Lipinski definition) is 2. The van der Waals surface area contributed by atoms with Crippen LogP contribution in [0.4, 0.5) is 0 Å². The molecule has 1 aliphatic rings. The highest BCUT2D eigenvalue weighted by Gasteiger charge is 2.23. The maximum absolute atomic E-state index is 12.5. The van der Waals surface area contributed by atoms with E-state index in [4.69, 9.17) is 23.2 Å². The highest BCUT2D eigenvalue weighted by molar-refractivity contribution is 7.99. The molecule has 0 aliphatic heterocycles. The summed E-state index contributed by atoms with van der Waals surface area (Å²) >= 11 is 13.2. The van der Waals surface area contributed by atoms with Crippen LogP contribution in [0, 0.1) is 5.92 Å². The summed E-state index contributed by atoms with van der Waals surface area (Å²) in [6, 6.07) is 4.59. The molecule has 0 unspecified atom stereocenters. The van der Waals surface area contributed by atoms with Gasteiger partial charge in [0.15, 0.2) is 11.0 Å². The molecule has 10 heteroatoms. The third kappa shape index (κ3) is 6.14. The summed E-state index contributed by atoms with van der Waals surface area (Å²) in [7, 11) is 1.82. The Morgan fingerprint density at radius 2 is 1.97 bits per heavy atom. The van der Waals surface area contributed by atoms with Crippen molar-refractivity contribution < 1.29 is 9.59 Å². The van der Waals surface area contributed by atoms with Gasteiger partial charge >= 0.3 is 0 Å². The normalized spacial score (nSPS) is 19.6. The molecule has 1 saturated carbocycles. The molecule has 2 N–H and O–H groups in total. The molecule has 1 aliphatic carbocycles. The van der Waals surface area contributed by atoms with Crippen LogP contribution in [0.2, 0.25) is 10.0 Å². The van der Waals surface area contributed by atoms with Crippen molar-refractivity contribution in [3.8, 4) is 0 Å². The van der Waals surface area contributed by atoms with Gasteiger partial charge in [0.25, 0.3) is 5.91 Å². The molecule has 0 spiro atoms. The second-order valence-corrected chi connectivity index (χ2v) is 9.71. The lowest BCUT2D eigenvalue weighted by Crippen LogP contribution is -2.41. The number of rotatable bonds is 7. The summed E-state index contributed by atoms with van der Waals surface area (Å²) in [6.07, 6.45) is 4.61. The van der Waals surface area contributed by atoms with Gasteiger partial charge in [-0.15, -0.1) is 10.2 Å². The van der Waals surface area contributed by atoms with Crippen LogP contribution in [0.25, 0.3) is 0 Å². The van der Waals surface area contributed by atoms with Crippen LogP contribution in [0.1, 0.15) is 61.8 Å². The number of nitrogens with one attached hydrogen (secondary N) is 2. The molecule has 2 aromatic rings. The number of nitrogens with zero attached hydrogens (tertiary/aromatic N) is 3. The Morgan fingerprint density at radius 3 is 2.68 bits per heavy atom. The lowest BCUT2D eigenvalue weighted by Gasteiger charge is -2.29. The van der Waals surface area contributed by atoms with E-state index >= 15 is 0 Å². The average Bonchev–Trinajstić information content (AvgIpc) is 3.10. The number of aromatic nitrogens is 3. The molecule has 1 fully saturated rings. The number of thioether (sulfide) groups is 1. The molecule has 0 radical (unpaired) electrons. The molecule has 0 bridgehead atoms. The van der Waals surface area contributed by atoms with Gasteiger partial charge < -0.3 is 15.2 Å². The van der Waals surface area contributed by atoms with Crippen LogP contribution in [0.3, 0.4) is 0 Å². The van der Waals surface area contributed by atoms with E-state index in [2.05, 4.69) is 27.8 Å². The molecule has 31 heavy (non-hydrogen) atoms. The van der Waals surface area contributed by atoms with Gasteiger partial charge in [-0.25, -0.2) is 0 Å².